The average Bonchev–Trinajstić information content (AvgIpc) is 2.94. The summed E-state index contributed by atoms with van der Waals surface area (Å²) < 4.78 is 7.90. The van der Waals surface area contributed by atoms with Gasteiger partial charge in [0.25, 0.3) is 0 Å². The highest BCUT2D eigenvalue weighted by molar-refractivity contribution is 5.84. The van der Waals surface area contributed by atoms with Crippen molar-refractivity contribution in [1.29, 1.82) is 0 Å². The predicted molar refractivity (Wildman–Crippen MR) is 153 cm³/mol. The van der Waals surface area contributed by atoms with E-state index in [1.807, 2.05) is 32.4 Å². The van der Waals surface area contributed by atoms with Crippen LogP contribution in [-0.4, -0.2) is 33.8 Å². The molecular formula is C32H33N5O. The van der Waals surface area contributed by atoms with Gasteiger partial charge in [-0.3, -0.25) is 9.98 Å². The Hall–Kier alpha value is -4.03. The number of pyridine rings is 1. The van der Waals surface area contributed by atoms with Gasteiger partial charge >= 0.3 is 0 Å². The van der Waals surface area contributed by atoms with Crippen LogP contribution in [0.2, 0.25) is 0 Å². The molecule has 2 aromatic carbocycles. The molecule has 0 saturated heterocycles. The number of fused-ring (bicyclic) bond motifs is 2. The van der Waals surface area contributed by atoms with Crippen molar-refractivity contribution in [3.05, 3.63) is 95.6 Å². The molecule has 0 bridgehead atoms. The maximum atomic E-state index is 5.60. The molecule has 0 radical (unpaired) electrons. The van der Waals surface area contributed by atoms with E-state index in [4.69, 9.17) is 14.7 Å². The number of ether oxygens (including phenoxy) is 1. The van der Waals surface area contributed by atoms with Crippen molar-refractivity contribution >= 4 is 22.4 Å². The molecule has 2 aliphatic carbocycles. The van der Waals surface area contributed by atoms with Crippen molar-refractivity contribution in [1.82, 2.24) is 14.5 Å². The number of nitrogens with one attached hydrogen (secondary N) is 1. The molecule has 1 fully saturated rings. The predicted octanol–water partition coefficient (Wildman–Crippen LogP) is 6.74. The first-order valence-corrected chi connectivity index (χ1v) is 13.4. The highest BCUT2D eigenvalue weighted by Crippen LogP contribution is 2.31. The number of para-hydroxylation sites is 2. The molecule has 6 nitrogen and oxygen atoms in total. The largest absolute Gasteiger partial charge is 0.381 e. The molecule has 0 spiro atoms. The second-order valence-corrected chi connectivity index (χ2v) is 10.2. The van der Waals surface area contributed by atoms with Crippen LogP contribution in [0.1, 0.15) is 36.9 Å². The fraction of sp³-hybridized carbons (Fsp3) is 0.281. The van der Waals surface area contributed by atoms with Crippen LogP contribution in [-0.2, 0) is 4.74 Å². The summed E-state index contributed by atoms with van der Waals surface area (Å²) in [6, 6.07) is 25.6. The fourth-order valence-electron chi connectivity index (χ4n) is 5.32. The Balaban J connectivity index is 1.57. The van der Waals surface area contributed by atoms with Crippen LogP contribution < -0.4 is 10.7 Å². The van der Waals surface area contributed by atoms with E-state index in [1.54, 1.807) is 0 Å². The second kappa shape index (κ2) is 10.4. The van der Waals surface area contributed by atoms with Gasteiger partial charge in [0.2, 0.25) is 0 Å². The molecule has 0 unspecified atom stereocenters. The van der Waals surface area contributed by atoms with E-state index in [0.29, 0.717) is 6.10 Å². The smallest absolute Gasteiger partial charge is 0.0900 e. The highest BCUT2D eigenvalue weighted by atomic mass is 16.5. The van der Waals surface area contributed by atoms with Crippen molar-refractivity contribution in [2.45, 2.75) is 51.7 Å². The third kappa shape index (κ3) is 4.92. The van der Waals surface area contributed by atoms with Crippen LogP contribution in [0.5, 0.6) is 0 Å². The molecule has 2 heterocycles. The maximum absolute atomic E-state index is 5.60. The van der Waals surface area contributed by atoms with Gasteiger partial charge in [0.05, 0.1) is 57.5 Å². The monoisotopic (exact) mass is 503 g/mol. The Labute approximate surface area is 223 Å². The summed E-state index contributed by atoms with van der Waals surface area (Å²) in [5.74, 6) is 0. The molecule has 1 aromatic heterocycles. The average molecular weight is 504 g/mol. The summed E-state index contributed by atoms with van der Waals surface area (Å²) in [5.41, 5.74) is 9.16. The second-order valence-electron chi connectivity index (χ2n) is 10.2. The number of methoxy groups -OCH3 is 1. The molecule has 0 amide bonds. The van der Waals surface area contributed by atoms with E-state index in [2.05, 4.69) is 82.5 Å². The zero-order valence-corrected chi connectivity index (χ0v) is 22.2. The number of anilines is 2. The number of benzene rings is 3. The van der Waals surface area contributed by atoms with Gasteiger partial charge in [0.15, 0.2) is 0 Å². The Morgan fingerprint density at radius 3 is 2.45 bits per heavy atom. The topological polar surface area (TPSA) is 64.3 Å². The summed E-state index contributed by atoms with van der Waals surface area (Å²) in [7, 11) is 1.81. The third-order valence-corrected chi connectivity index (χ3v) is 7.48. The third-order valence-electron chi connectivity index (χ3n) is 7.48. The van der Waals surface area contributed by atoms with Crippen LogP contribution >= 0.6 is 0 Å². The number of hydrogen-bond donors (Lipinski definition) is 1. The number of aryl methyl sites for hydroxylation is 2. The van der Waals surface area contributed by atoms with E-state index >= 15 is 0 Å². The molecule has 0 atom stereocenters. The lowest BCUT2D eigenvalue weighted by Gasteiger charge is -2.25. The van der Waals surface area contributed by atoms with E-state index in [-0.39, 0.29) is 6.04 Å². The fourth-order valence-corrected chi connectivity index (χ4v) is 5.32. The summed E-state index contributed by atoms with van der Waals surface area (Å²) in [4.78, 5) is 14.8. The van der Waals surface area contributed by atoms with Gasteiger partial charge < -0.3 is 14.6 Å². The maximum Gasteiger partial charge on any atom is 0.0900 e. The lowest BCUT2D eigenvalue weighted by molar-refractivity contribution is 0.0663. The van der Waals surface area contributed by atoms with Crippen LogP contribution in [0.25, 0.3) is 28.1 Å². The zero-order chi connectivity index (χ0) is 26.1. The van der Waals surface area contributed by atoms with Gasteiger partial charge in [-0.05, 0) is 88.1 Å². The van der Waals surface area contributed by atoms with Gasteiger partial charge in [0, 0.05) is 18.5 Å². The lowest BCUT2D eigenvalue weighted by Crippen LogP contribution is -2.25. The van der Waals surface area contributed by atoms with Crippen molar-refractivity contribution in [3.63, 3.8) is 0 Å². The molecule has 38 heavy (non-hydrogen) atoms. The molecule has 1 saturated carbocycles. The Kier molecular flexibility index (Phi) is 6.64. The normalized spacial score (nSPS) is 18.2. The molecule has 1 N–H and O–H groups in total. The van der Waals surface area contributed by atoms with Crippen molar-refractivity contribution in [3.8, 4) is 17.1 Å². The minimum atomic E-state index is 0.261. The first-order chi connectivity index (χ1) is 18.6. The van der Waals surface area contributed by atoms with E-state index < -0.39 is 0 Å². The Bertz CT molecular complexity index is 1600. The van der Waals surface area contributed by atoms with Gasteiger partial charge in [-0.15, -0.1) is 0 Å². The zero-order valence-electron chi connectivity index (χ0n) is 22.2. The first kappa shape index (κ1) is 24.3. The quantitative estimate of drug-likeness (QED) is 0.270. The van der Waals surface area contributed by atoms with Crippen molar-refractivity contribution in [2.75, 3.05) is 12.4 Å². The summed E-state index contributed by atoms with van der Waals surface area (Å²) in [6.45, 7) is 4.11. The van der Waals surface area contributed by atoms with Crippen LogP contribution in [0.3, 0.4) is 0 Å². The highest BCUT2D eigenvalue weighted by Gasteiger charge is 2.21. The van der Waals surface area contributed by atoms with Gasteiger partial charge in [-0.25, -0.2) is 4.98 Å². The number of aromatic nitrogens is 3. The molecule has 6 heteroatoms. The number of hydrogen-bond acceptors (Lipinski definition) is 5. The van der Waals surface area contributed by atoms with E-state index in [0.717, 1.165) is 76.2 Å². The molecule has 1 aliphatic heterocycles. The standard InChI is InChI=1S/C32H33N5O/c1-21-8-14-25(15-9-21)37-31-7-5-4-6-27(31)36-30-18-28(35-24-11-10-22(2)33-20-24)29(19-32(30)37)34-23-12-16-26(38-3)17-13-23/h4-11,14-15,18-20,23,26,35H,12-13,16-17H2,1-3H3/b34-29+. The minimum absolute atomic E-state index is 0.261. The van der Waals surface area contributed by atoms with Gasteiger partial charge in [-0.2, -0.15) is 0 Å². The Morgan fingerprint density at radius 1 is 0.921 bits per heavy atom. The van der Waals surface area contributed by atoms with E-state index in [1.165, 1.54) is 5.56 Å². The molecule has 192 valence electrons. The summed E-state index contributed by atoms with van der Waals surface area (Å²) >= 11 is 0. The minimum Gasteiger partial charge on any atom is -0.381 e. The van der Waals surface area contributed by atoms with Gasteiger partial charge in [-0.1, -0.05) is 29.8 Å². The Morgan fingerprint density at radius 2 is 1.71 bits per heavy atom. The van der Waals surface area contributed by atoms with E-state index in [9.17, 15) is 0 Å². The molecule has 3 aromatic rings. The molecule has 3 aliphatic rings. The van der Waals surface area contributed by atoms with Gasteiger partial charge in [0.1, 0.15) is 0 Å². The number of nitrogens with zero attached hydrogens (tertiary/aromatic N) is 4. The van der Waals surface area contributed by atoms with Crippen LogP contribution in [0.4, 0.5) is 11.4 Å². The van der Waals surface area contributed by atoms with Crippen molar-refractivity contribution < 1.29 is 4.74 Å². The molecular weight excluding hydrogens is 470 g/mol. The SMILES string of the molecule is COC1CCC(/N=c2\cc3n(-c4ccc(C)cc4)c4ccccc4nc-3cc2Nc2ccc(C)nc2)CC1. The summed E-state index contributed by atoms with van der Waals surface area (Å²) in [6.07, 6.45) is 6.34. The summed E-state index contributed by atoms with van der Waals surface area (Å²) in [5, 5.41) is 4.53. The number of rotatable bonds is 5. The van der Waals surface area contributed by atoms with Crippen LogP contribution in [0, 0.1) is 13.8 Å². The van der Waals surface area contributed by atoms with Crippen molar-refractivity contribution in [2.24, 2.45) is 4.99 Å². The first-order valence-electron chi connectivity index (χ1n) is 13.4. The lowest BCUT2D eigenvalue weighted by atomic mass is 9.93. The van der Waals surface area contributed by atoms with Crippen LogP contribution in [0.15, 0.2) is 84.0 Å². The molecule has 6 rings (SSSR count).